The molecule has 2 heteroatoms. The number of nitrogens with zero attached hydrogens (tertiary/aromatic N) is 2. The molecule has 0 unspecified atom stereocenters. The highest BCUT2D eigenvalue weighted by Gasteiger charge is 2.24. The van der Waals surface area contributed by atoms with E-state index in [9.17, 15) is 0 Å². The maximum absolute atomic E-state index is 8.94. The molecule has 0 saturated heterocycles. The first-order valence-corrected chi connectivity index (χ1v) is 4.53. The van der Waals surface area contributed by atoms with Crippen LogP contribution < -0.4 is 0 Å². The molecule has 0 radical (unpaired) electrons. The van der Waals surface area contributed by atoms with Crippen LogP contribution in [0.1, 0.15) is 46.0 Å². The largest absolute Gasteiger partial charge is 0.198 e. The van der Waals surface area contributed by atoms with E-state index in [2.05, 4.69) is 12.1 Å². The highest BCUT2D eigenvalue weighted by Crippen LogP contribution is 2.31. The van der Waals surface area contributed by atoms with E-state index in [-0.39, 0.29) is 5.41 Å². The summed E-state index contributed by atoms with van der Waals surface area (Å²) >= 11 is 0. The Hall–Kier alpha value is -1.02. The fraction of sp³-hybridized carbons (Fsp3) is 0.800. The van der Waals surface area contributed by atoms with Crippen LogP contribution in [0.25, 0.3) is 0 Å². The van der Waals surface area contributed by atoms with Crippen LogP contribution >= 0.6 is 0 Å². The molecule has 0 aliphatic carbocycles. The summed E-state index contributed by atoms with van der Waals surface area (Å²) in [5.74, 6) is 0. The predicted octanol–water partition coefficient (Wildman–Crippen LogP) is 3.01. The maximum atomic E-state index is 8.94. The topological polar surface area (TPSA) is 47.6 Å². The standard InChI is InChI=1S/C10H16N2/c1-3-10(4-2,9-12)7-5-6-8-11/h3-7H2,1-2H3. The van der Waals surface area contributed by atoms with Gasteiger partial charge in [-0.25, -0.2) is 0 Å². The molecule has 2 nitrogen and oxygen atoms in total. The molecule has 0 aliphatic rings. The van der Waals surface area contributed by atoms with Crippen LogP contribution in [0.3, 0.4) is 0 Å². The average Bonchev–Trinajstić information content (AvgIpc) is 2.14. The molecule has 0 spiro atoms. The van der Waals surface area contributed by atoms with Crippen molar-refractivity contribution in [2.24, 2.45) is 5.41 Å². The average molecular weight is 164 g/mol. The quantitative estimate of drug-likeness (QED) is 0.586. The molecule has 66 valence electrons. The maximum Gasteiger partial charge on any atom is 0.0689 e. The number of nitriles is 2. The van der Waals surface area contributed by atoms with Crippen molar-refractivity contribution in [2.45, 2.75) is 46.0 Å². The lowest BCUT2D eigenvalue weighted by Gasteiger charge is -2.22. The number of hydrogen-bond acceptors (Lipinski definition) is 2. The van der Waals surface area contributed by atoms with Crippen LogP contribution in [0.5, 0.6) is 0 Å². The van der Waals surface area contributed by atoms with Gasteiger partial charge < -0.3 is 0 Å². The lowest BCUT2D eigenvalue weighted by Crippen LogP contribution is -2.15. The van der Waals surface area contributed by atoms with Gasteiger partial charge in [0.25, 0.3) is 0 Å². The van der Waals surface area contributed by atoms with Crippen molar-refractivity contribution in [2.75, 3.05) is 0 Å². The highest BCUT2D eigenvalue weighted by atomic mass is 14.4. The Morgan fingerprint density at radius 1 is 1.17 bits per heavy atom. The lowest BCUT2D eigenvalue weighted by molar-refractivity contribution is 0.329. The Labute approximate surface area is 74.8 Å². The molecule has 0 aromatic carbocycles. The van der Waals surface area contributed by atoms with Crippen molar-refractivity contribution in [3.63, 3.8) is 0 Å². The number of unbranched alkanes of at least 4 members (excludes halogenated alkanes) is 1. The minimum Gasteiger partial charge on any atom is -0.198 e. The second-order valence-corrected chi connectivity index (χ2v) is 3.11. The molecular weight excluding hydrogens is 148 g/mol. The van der Waals surface area contributed by atoms with E-state index in [0.29, 0.717) is 6.42 Å². The Kier molecular flexibility index (Phi) is 5.13. The highest BCUT2D eigenvalue weighted by molar-refractivity contribution is 4.97. The van der Waals surface area contributed by atoms with Crippen molar-refractivity contribution in [3.8, 4) is 12.1 Å². The Balaban J connectivity index is 3.98. The minimum absolute atomic E-state index is 0.170. The van der Waals surface area contributed by atoms with Crippen molar-refractivity contribution in [3.05, 3.63) is 0 Å². The summed E-state index contributed by atoms with van der Waals surface area (Å²) in [5.41, 5.74) is -0.170. The van der Waals surface area contributed by atoms with E-state index in [1.54, 1.807) is 0 Å². The molecule has 0 fully saturated rings. The number of hydrogen-bond donors (Lipinski definition) is 0. The third-order valence-electron chi connectivity index (χ3n) is 2.53. The fourth-order valence-electron chi connectivity index (χ4n) is 1.32. The Bertz CT molecular complexity index is 191. The molecule has 0 amide bonds. The smallest absolute Gasteiger partial charge is 0.0689 e. The third kappa shape index (κ3) is 2.93. The van der Waals surface area contributed by atoms with Gasteiger partial charge in [-0.15, -0.1) is 0 Å². The van der Waals surface area contributed by atoms with Crippen molar-refractivity contribution in [1.82, 2.24) is 0 Å². The molecule has 0 atom stereocenters. The second kappa shape index (κ2) is 5.61. The van der Waals surface area contributed by atoms with Gasteiger partial charge in [0.15, 0.2) is 0 Å². The van der Waals surface area contributed by atoms with Gasteiger partial charge >= 0.3 is 0 Å². The van der Waals surface area contributed by atoms with Gasteiger partial charge in [0.05, 0.1) is 17.6 Å². The van der Waals surface area contributed by atoms with Crippen LogP contribution in [-0.2, 0) is 0 Å². The van der Waals surface area contributed by atoms with E-state index in [0.717, 1.165) is 25.7 Å². The van der Waals surface area contributed by atoms with E-state index < -0.39 is 0 Å². The van der Waals surface area contributed by atoms with Crippen LogP contribution in [0.15, 0.2) is 0 Å². The molecular formula is C10H16N2. The summed E-state index contributed by atoms with van der Waals surface area (Å²) in [6.45, 7) is 4.08. The van der Waals surface area contributed by atoms with Gasteiger partial charge in [-0.05, 0) is 25.7 Å². The van der Waals surface area contributed by atoms with Gasteiger partial charge in [0, 0.05) is 6.42 Å². The minimum atomic E-state index is -0.170. The van der Waals surface area contributed by atoms with Crippen molar-refractivity contribution < 1.29 is 0 Å². The first kappa shape index (κ1) is 11.0. The SMILES string of the molecule is CCC(C#N)(CC)CCCC#N. The fourth-order valence-corrected chi connectivity index (χ4v) is 1.32. The van der Waals surface area contributed by atoms with Crippen molar-refractivity contribution in [1.29, 1.82) is 10.5 Å². The molecule has 0 saturated carbocycles. The van der Waals surface area contributed by atoms with Gasteiger partial charge in [-0.3, -0.25) is 0 Å². The molecule has 0 rings (SSSR count). The normalized spacial score (nSPS) is 10.3. The summed E-state index contributed by atoms with van der Waals surface area (Å²) < 4.78 is 0. The summed E-state index contributed by atoms with van der Waals surface area (Å²) in [5, 5.41) is 17.3. The summed E-state index contributed by atoms with van der Waals surface area (Å²) in [4.78, 5) is 0. The van der Waals surface area contributed by atoms with E-state index in [1.165, 1.54) is 0 Å². The second-order valence-electron chi connectivity index (χ2n) is 3.11. The summed E-state index contributed by atoms with van der Waals surface area (Å²) in [6.07, 6.45) is 4.08. The van der Waals surface area contributed by atoms with E-state index in [1.807, 2.05) is 13.8 Å². The van der Waals surface area contributed by atoms with Crippen LogP contribution in [0, 0.1) is 28.1 Å². The molecule has 12 heavy (non-hydrogen) atoms. The zero-order valence-electron chi connectivity index (χ0n) is 7.93. The van der Waals surface area contributed by atoms with E-state index in [4.69, 9.17) is 10.5 Å². The van der Waals surface area contributed by atoms with Gasteiger partial charge in [0.1, 0.15) is 0 Å². The number of rotatable bonds is 5. The summed E-state index contributed by atoms with van der Waals surface area (Å²) in [7, 11) is 0. The molecule has 0 aromatic rings. The molecule has 0 aliphatic heterocycles. The zero-order chi connectivity index (χ0) is 9.45. The molecule has 0 aromatic heterocycles. The lowest BCUT2D eigenvalue weighted by atomic mass is 9.79. The van der Waals surface area contributed by atoms with Crippen LogP contribution in [0.4, 0.5) is 0 Å². The van der Waals surface area contributed by atoms with Crippen LogP contribution in [0.2, 0.25) is 0 Å². The zero-order valence-corrected chi connectivity index (χ0v) is 7.93. The molecule has 0 bridgehead atoms. The Morgan fingerprint density at radius 3 is 2.08 bits per heavy atom. The predicted molar refractivity (Wildman–Crippen MR) is 48.1 cm³/mol. The first-order valence-electron chi connectivity index (χ1n) is 4.53. The monoisotopic (exact) mass is 164 g/mol. The third-order valence-corrected chi connectivity index (χ3v) is 2.53. The van der Waals surface area contributed by atoms with Crippen LogP contribution in [-0.4, -0.2) is 0 Å². The van der Waals surface area contributed by atoms with Gasteiger partial charge in [-0.2, -0.15) is 10.5 Å². The van der Waals surface area contributed by atoms with E-state index >= 15 is 0 Å². The molecule has 0 N–H and O–H groups in total. The molecule has 0 heterocycles. The van der Waals surface area contributed by atoms with Crippen molar-refractivity contribution >= 4 is 0 Å². The van der Waals surface area contributed by atoms with Gasteiger partial charge in [0.2, 0.25) is 0 Å². The Morgan fingerprint density at radius 2 is 1.75 bits per heavy atom. The summed E-state index contributed by atoms with van der Waals surface area (Å²) in [6, 6.07) is 4.47. The van der Waals surface area contributed by atoms with Gasteiger partial charge in [-0.1, -0.05) is 13.8 Å². The first-order chi connectivity index (χ1) is 5.74.